The minimum Gasteiger partial charge on any atom is -0.495 e. The maximum atomic E-state index is 12.9. The van der Waals surface area contributed by atoms with E-state index in [1.807, 2.05) is 36.4 Å². The Balaban J connectivity index is 1.77. The number of ether oxygens (including phenoxy) is 1. The van der Waals surface area contributed by atoms with E-state index in [2.05, 4.69) is 52.5 Å². The van der Waals surface area contributed by atoms with Crippen LogP contribution in [0.25, 0.3) is 10.8 Å². The number of halogens is 1. The summed E-state index contributed by atoms with van der Waals surface area (Å²) in [5, 5.41) is 7.95. The predicted octanol–water partition coefficient (Wildman–Crippen LogP) is 6.25. The lowest BCUT2D eigenvalue weighted by Gasteiger charge is -2.15. The smallest absolute Gasteiger partial charge is 0.261 e. The highest BCUT2D eigenvalue weighted by Gasteiger charge is 2.19. The molecule has 0 heterocycles. The molecule has 29 heavy (non-hydrogen) atoms. The van der Waals surface area contributed by atoms with Crippen LogP contribution >= 0.6 is 28.1 Å². The predicted molar refractivity (Wildman–Crippen MR) is 127 cm³/mol. The van der Waals surface area contributed by atoms with E-state index < -0.39 is 0 Å². The molecule has 0 saturated heterocycles. The molecule has 0 bridgehead atoms. The lowest BCUT2D eigenvalue weighted by atomic mass is 9.99. The van der Waals surface area contributed by atoms with Crippen molar-refractivity contribution in [2.45, 2.75) is 26.2 Å². The Hall–Kier alpha value is -2.44. The van der Waals surface area contributed by atoms with Gasteiger partial charge in [0.1, 0.15) is 5.75 Å². The van der Waals surface area contributed by atoms with Crippen molar-refractivity contribution in [2.75, 3.05) is 12.4 Å². The largest absolute Gasteiger partial charge is 0.495 e. The summed E-state index contributed by atoms with van der Waals surface area (Å²) in [5.41, 5.74) is 2.52. The summed E-state index contributed by atoms with van der Waals surface area (Å²) in [4.78, 5) is 12.9. The number of thiocarbonyl (C=S) groups is 1. The van der Waals surface area contributed by atoms with Crippen LogP contribution in [0, 0.1) is 0 Å². The highest BCUT2D eigenvalue weighted by molar-refractivity contribution is 9.10. The van der Waals surface area contributed by atoms with Gasteiger partial charge >= 0.3 is 0 Å². The molecule has 0 fully saturated rings. The molecule has 6 heteroatoms. The van der Waals surface area contributed by atoms with Crippen LogP contribution in [-0.4, -0.2) is 18.1 Å². The number of methoxy groups -OCH3 is 1. The summed E-state index contributed by atoms with van der Waals surface area (Å²) >= 11 is 8.88. The number of hydrogen-bond donors (Lipinski definition) is 2. The highest BCUT2D eigenvalue weighted by atomic mass is 79.9. The van der Waals surface area contributed by atoms with E-state index in [0.29, 0.717) is 17.2 Å². The Bertz CT molecular complexity index is 1050. The first-order valence-electron chi connectivity index (χ1n) is 9.42. The number of anilines is 1. The molecule has 0 saturated carbocycles. The molecular weight excluding hydrogens is 448 g/mol. The zero-order valence-electron chi connectivity index (χ0n) is 16.6. The molecule has 0 aromatic heterocycles. The van der Waals surface area contributed by atoms with Crippen LogP contribution < -0.4 is 15.4 Å². The van der Waals surface area contributed by atoms with Gasteiger partial charge in [0.25, 0.3) is 5.91 Å². The standard InChI is InChI=1S/C23H23BrN2O2S/c1-4-14(2)15-9-11-17(12-10-15)25-23(29)26-22(27)19-13-16-7-5-6-8-18(16)20(24)21(19)28-3/h5-14H,4H2,1-3H3,(H2,25,26,27,29)/t14-/m1/s1. The van der Waals surface area contributed by atoms with Crippen molar-refractivity contribution in [1.82, 2.24) is 5.32 Å². The second kappa shape index (κ2) is 9.37. The number of carbonyl (C=O) groups excluding carboxylic acids is 1. The maximum Gasteiger partial charge on any atom is 0.261 e. The van der Waals surface area contributed by atoms with Crippen molar-refractivity contribution in [2.24, 2.45) is 0 Å². The lowest BCUT2D eigenvalue weighted by molar-refractivity contribution is 0.0975. The second-order valence-electron chi connectivity index (χ2n) is 6.83. The Kier molecular flexibility index (Phi) is 6.87. The molecule has 1 amide bonds. The third-order valence-electron chi connectivity index (χ3n) is 4.97. The van der Waals surface area contributed by atoms with Gasteiger partial charge in [0.05, 0.1) is 17.1 Å². The zero-order chi connectivity index (χ0) is 21.0. The van der Waals surface area contributed by atoms with Gasteiger partial charge in [-0.05, 0) is 75.0 Å². The molecule has 0 aliphatic carbocycles. The van der Waals surface area contributed by atoms with Gasteiger partial charge < -0.3 is 10.1 Å². The van der Waals surface area contributed by atoms with Crippen LogP contribution in [0.1, 0.15) is 42.1 Å². The SMILES string of the molecule is CC[C@@H](C)c1ccc(NC(=S)NC(=O)c2cc3ccccc3c(Br)c2OC)cc1. The van der Waals surface area contributed by atoms with Gasteiger partial charge in [0.15, 0.2) is 5.11 Å². The molecule has 3 aromatic carbocycles. The summed E-state index contributed by atoms with van der Waals surface area (Å²) in [7, 11) is 1.54. The number of hydrogen-bond acceptors (Lipinski definition) is 3. The third-order valence-corrected chi connectivity index (χ3v) is 5.96. The summed E-state index contributed by atoms with van der Waals surface area (Å²) in [6, 6.07) is 17.7. The summed E-state index contributed by atoms with van der Waals surface area (Å²) in [5.74, 6) is 0.651. The van der Waals surface area contributed by atoms with Gasteiger partial charge in [0.2, 0.25) is 0 Å². The topological polar surface area (TPSA) is 50.4 Å². The van der Waals surface area contributed by atoms with Crippen molar-refractivity contribution >= 4 is 55.6 Å². The van der Waals surface area contributed by atoms with Gasteiger partial charge in [-0.15, -0.1) is 0 Å². The minimum absolute atomic E-state index is 0.234. The van der Waals surface area contributed by atoms with Crippen molar-refractivity contribution in [1.29, 1.82) is 0 Å². The average Bonchev–Trinajstić information content (AvgIpc) is 2.73. The lowest BCUT2D eigenvalue weighted by Crippen LogP contribution is -2.34. The molecule has 0 spiro atoms. The highest BCUT2D eigenvalue weighted by Crippen LogP contribution is 2.36. The fraction of sp³-hybridized carbons (Fsp3) is 0.217. The quantitative estimate of drug-likeness (QED) is 0.432. The van der Waals surface area contributed by atoms with Gasteiger partial charge in [-0.25, -0.2) is 0 Å². The van der Waals surface area contributed by atoms with Crippen LogP contribution in [0.15, 0.2) is 59.1 Å². The normalized spacial score (nSPS) is 11.7. The summed E-state index contributed by atoms with van der Waals surface area (Å²) in [6.45, 7) is 4.36. The summed E-state index contributed by atoms with van der Waals surface area (Å²) in [6.07, 6.45) is 1.09. The number of fused-ring (bicyclic) bond motifs is 1. The Morgan fingerprint density at radius 1 is 1.17 bits per heavy atom. The fourth-order valence-electron chi connectivity index (χ4n) is 3.12. The number of amides is 1. The molecule has 150 valence electrons. The number of benzene rings is 3. The van der Waals surface area contributed by atoms with Gasteiger partial charge in [0, 0.05) is 5.69 Å². The minimum atomic E-state index is -0.331. The first kappa shape index (κ1) is 21.3. The monoisotopic (exact) mass is 470 g/mol. The number of nitrogens with one attached hydrogen (secondary N) is 2. The Morgan fingerprint density at radius 2 is 1.86 bits per heavy atom. The van der Waals surface area contributed by atoms with E-state index >= 15 is 0 Å². The fourth-order valence-corrected chi connectivity index (χ4v) is 4.06. The molecule has 3 rings (SSSR count). The third kappa shape index (κ3) is 4.77. The van der Waals surface area contributed by atoms with Crippen molar-refractivity contribution < 1.29 is 9.53 Å². The molecule has 1 atom stereocenters. The zero-order valence-corrected chi connectivity index (χ0v) is 19.0. The van der Waals surface area contributed by atoms with Crippen molar-refractivity contribution in [3.63, 3.8) is 0 Å². The maximum absolute atomic E-state index is 12.9. The van der Waals surface area contributed by atoms with E-state index in [4.69, 9.17) is 17.0 Å². The second-order valence-corrected chi connectivity index (χ2v) is 8.03. The first-order chi connectivity index (χ1) is 13.9. The molecule has 2 N–H and O–H groups in total. The molecule has 0 unspecified atom stereocenters. The molecular formula is C23H23BrN2O2S. The van der Waals surface area contributed by atoms with Crippen LogP contribution in [0.3, 0.4) is 0 Å². The molecule has 0 radical (unpaired) electrons. The van der Waals surface area contributed by atoms with E-state index in [9.17, 15) is 4.79 Å². The van der Waals surface area contributed by atoms with Crippen molar-refractivity contribution in [3.05, 3.63) is 70.2 Å². The molecule has 0 aliphatic rings. The number of carbonyl (C=O) groups is 1. The van der Waals surface area contributed by atoms with Gasteiger partial charge in [-0.2, -0.15) is 0 Å². The van der Waals surface area contributed by atoms with Crippen molar-refractivity contribution in [3.8, 4) is 5.75 Å². The van der Waals surface area contributed by atoms with Crippen LogP contribution in [0.2, 0.25) is 0 Å². The molecule has 0 aliphatic heterocycles. The molecule has 3 aromatic rings. The van der Waals surface area contributed by atoms with E-state index in [0.717, 1.165) is 27.4 Å². The average molecular weight is 471 g/mol. The Labute approximate surface area is 184 Å². The summed E-state index contributed by atoms with van der Waals surface area (Å²) < 4.78 is 6.22. The van der Waals surface area contributed by atoms with Gasteiger partial charge in [-0.1, -0.05) is 50.2 Å². The van der Waals surface area contributed by atoms with E-state index in [1.54, 1.807) is 13.2 Å². The molecule has 4 nitrogen and oxygen atoms in total. The first-order valence-corrected chi connectivity index (χ1v) is 10.6. The van der Waals surface area contributed by atoms with Crippen LogP contribution in [0.5, 0.6) is 5.75 Å². The van der Waals surface area contributed by atoms with E-state index in [-0.39, 0.29) is 11.0 Å². The number of rotatable bonds is 5. The Morgan fingerprint density at radius 3 is 2.52 bits per heavy atom. The van der Waals surface area contributed by atoms with Crippen LogP contribution in [-0.2, 0) is 0 Å². The van der Waals surface area contributed by atoms with E-state index in [1.165, 1.54) is 5.56 Å². The van der Waals surface area contributed by atoms with Gasteiger partial charge in [-0.3, -0.25) is 10.1 Å². The van der Waals surface area contributed by atoms with Crippen LogP contribution in [0.4, 0.5) is 5.69 Å².